The highest BCUT2D eigenvalue weighted by Gasteiger charge is 2.24. The number of para-hydroxylation sites is 1. The molecule has 0 atom stereocenters. The Morgan fingerprint density at radius 3 is 2.56 bits per heavy atom. The third-order valence-corrected chi connectivity index (χ3v) is 6.15. The molecular weight excluding hydrogens is 428 g/mol. The Labute approximate surface area is 186 Å². The monoisotopic (exact) mass is 446 g/mol. The molecule has 8 nitrogen and oxygen atoms in total. The third-order valence-electron chi connectivity index (χ3n) is 5.28. The van der Waals surface area contributed by atoms with E-state index in [1.165, 1.54) is 23.0 Å². The van der Waals surface area contributed by atoms with E-state index < -0.39 is 11.5 Å². The first-order valence-electron chi connectivity index (χ1n) is 9.67. The van der Waals surface area contributed by atoms with Gasteiger partial charge in [-0.2, -0.15) is 0 Å². The average molecular weight is 446 g/mol. The Hall–Kier alpha value is -4.11. The van der Waals surface area contributed by atoms with Crippen LogP contribution in [0.2, 0.25) is 0 Å². The molecule has 5 rings (SSSR count). The van der Waals surface area contributed by atoms with Gasteiger partial charge in [0.05, 0.1) is 31.0 Å². The van der Waals surface area contributed by atoms with Gasteiger partial charge in [-0.25, -0.2) is 9.78 Å². The Bertz CT molecular complexity index is 1550. The maximum atomic E-state index is 13.2. The number of anilines is 1. The average Bonchev–Trinajstić information content (AvgIpc) is 3.44. The molecule has 0 aliphatic heterocycles. The minimum Gasteiger partial charge on any atom is -0.492 e. The van der Waals surface area contributed by atoms with Crippen LogP contribution in [0.15, 0.2) is 64.9 Å². The molecule has 0 fully saturated rings. The van der Waals surface area contributed by atoms with Crippen LogP contribution in [0.3, 0.4) is 0 Å². The first kappa shape index (κ1) is 19.8. The quantitative estimate of drug-likeness (QED) is 0.422. The van der Waals surface area contributed by atoms with Crippen LogP contribution in [0.25, 0.3) is 32.6 Å². The Morgan fingerprint density at radius 2 is 1.84 bits per heavy atom. The van der Waals surface area contributed by atoms with Crippen LogP contribution >= 0.6 is 11.3 Å². The van der Waals surface area contributed by atoms with Crippen molar-refractivity contribution in [2.24, 2.45) is 0 Å². The molecule has 0 aliphatic rings. The fraction of sp³-hybridized carbons (Fsp3) is 0.0870. The molecule has 3 heterocycles. The number of carbonyl (C=O) groups is 1. The van der Waals surface area contributed by atoms with E-state index in [0.717, 1.165) is 16.6 Å². The van der Waals surface area contributed by atoms with Gasteiger partial charge in [0.1, 0.15) is 10.3 Å². The van der Waals surface area contributed by atoms with E-state index in [4.69, 9.17) is 15.2 Å². The standard InChI is InChI=1S/C23H18N4O4S/c1-30-19-16(9-8-13-10-11-26(17(13)19)14-6-4-3-5-7-14)27-18-15(23(29)31-2)12-32-21(18)25-20(24)22(27)28/h3-12H,1-2H3,(H2,24,25). The second kappa shape index (κ2) is 7.54. The van der Waals surface area contributed by atoms with Crippen LogP contribution in [0.4, 0.5) is 5.82 Å². The van der Waals surface area contributed by atoms with Crippen molar-refractivity contribution in [3.63, 3.8) is 0 Å². The highest BCUT2D eigenvalue weighted by Crippen LogP contribution is 2.37. The topological polar surface area (TPSA) is 101 Å². The molecule has 0 spiro atoms. The molecule has 0 unspecified atom stereocenters. The van der Waals surface area contributed by atoms with E-state index in [1.54, 1.807) is 18.6 Å². The normalized spacial score (nSPS) is 11.2. The van der Waals surface area contributed by atoms with Gasteiger partial charge in [0.25, 0.3) is 5.56 Å². The summed E-state index contributed by atoms with van der Waals surface area (Å²) in [6.07, 6.45) is 1.94. The van der Waals surface area contributed by atoms with Gasteiger partial charge in [0, 0.05) is 22.7 Å². The number of benzene rings is 2. The summed E-state index contributed by atoms with van der Waals surface area (Å²) in [7, 11) is 2.83. The number of nitrogens with zero attached hydrogens (tertiary/aromatic N) is 3. The van der Waals surface area contributed by atoms with Crippen molar-refractivity contribution in [1.29, 1.82) is 0 Å². The number of rotatable bonds is 4. The summed E-state index contributed by atoms with van der Waals surface area (Å²) in [4.78, 5) is 30.2. The maximum absolute atomic E-state index is 13.2. The maximum Gasteiger partial charge on any atom is 0.340 e. The van der Waals surface area contributed by atoms with Crippen LogP contribution < -0.4 is 16.0 Å². The molecule has 0 bridgehead atoms. The van der Waals surface area contributed by atoms with E-state index >= 15 is 0 Å². The second-order valence-corrected chi connectivity index (χ2v) is 7.87. The lowest BCUT2D eigenvalue weighted by Crippen LogP contribution is -2.24. The molecule has 160 valence electrons. The third kappa shape index (κ3) is 2.86. The Balaban J connectivity index is 1.90. The van der Waals surface area contributed by atoms with E-state index in [-0.39, 0.29) is 11.4 Å². The lowest BCUT2D eigenvalue weighted by Gasteiger charge is -2.16. The molecule has 0 radical (unpaired) electrons. The number of nitrogen functional groups attached to an aromatic ring is 1. The SMILES string of the molecule is COC(=O)c1csc2nc(N)c(=O)n(-c3ccc4ccn(-c5ccccc5)c4c3OC)c12. The second-order valence-electron chi connectivity index (χ2n) is 7.01. The lowest BCUT2D eigenvalue weighted by atomic mass is 10.2. The molecule has 0 saturated heterocycles. The van der Waals surface area contributed by atoms with Crippen molar-refractivity contribution < 1.29 is 14.3 Å². The highest BCUT2D eigenvalue weighted by molar-refractivity contribution is 7.17. The molecule has 32 heavy (non-hydrogen) atoms. The zero-order chi connectivity index (χ0) is 22.4. The van der Waals surface area contributed by atoms with Crippen LogP contribution in [0.5, 0.6) is 5.75 Å². The largest absolute Gasteiger partial charge is 0.492 e. The summed E-state index contributed by atoms with van der Waals surface area (Å²) in [5.74, 6) is -0.271. The van der Waals surface area contributed by atoms with Gasteiger partial charge < -0.3 is 19.8 Å². The van der Waals surface area contributed by atoms with Crippen molar-refractivity contribution in [2.45, 2.75) is 0 Å². The Morgan fingerprint density at radius 1 is 1.06 bits per heavy atom. The summed E-state index contributed by atoms with van der Waals surface area (Å²) in [6.45, 7) is 0. The molecule has 5 aromatic rings. The van der Waals surface area contributed by atoms with E-state index in [9.17, 15) is 9.59 Å². The number of aromatic nitrogens is 3. The van der Waals surface area contributed by atoms with Crippen LogP contribution in [-0.2, 0) is 4.74 Å². The predicted octanol–water partition coefficient (Wildman–Crippen LogP) is 3.77. The van der Waals surface area contributed by atoms with Crippen molar-refractivity contribution in [1.82, 2.24) is 14.1 Å². The zero-order valence-corrected chi connectivity index (χ0v) is 18.1. The summed E-state index contributed by atoms with van der Waals surface area (Å²) in [5.41, 5.74) is 8.13. The molecule has 3 aromatic heterocycles. The number of hydrogen-bond donors (Lipinski definition) is 1. The number of ether oxygens (including phenoxy) is 2. The van der Waals surface area contributed by atoms with E-state index in [0.29, 0.717) is 21.8 Å². The summed E-state index contributed by atoms with van der Waals surface area (Å²) in [6, 6.07) is 15.4. The summed E-state index contributed by atoms with van der Waals surface area (Å²) < 4.78 is 14.1. The van der Waals surface area contributed by atoms with Crippen molar-refractivity contribution >= 4 is 44.4 Å². The smallest absolute Gasteiger partial charge is 0.340 e. The van der Waals surface area contributed by atoms with Gasteiger partial charge in [0.15, 0.2) is 11.6 Å². The van der Waals surface area contributed by atoms with Gasteiger partial charge in [0.2, 0.25) is 0 Å². The van der Waals surface area contributed by atoms with Crippen molar-refractivity contribution in [2.75, 3.05) is 20.0 Å². The van der Waals surface area contributed by atoms with Gasteiger partial charge in [-0.1, -0.05) is 24.3 Å². The van der Waals surface area contributed by atoms with Gasteiger partial charge in [-0.15, -0.1) is 11.3 Å². The van der Waals surface area contributed by atoms with Crippen LogP contribution in [0.1, 0.15) is 10.4 Å². The van der Waals surface area contributed by atoms with E-state index in [2.05, 4.69) is 4.98 Å². The van der Waals surface area contributed by atoms with Crippen molar-refractivity contribution in [3.05, 3.63) is 76.0 Å². The molecule has 0 saturated carbocycles. The summed E-state index contributed by atoms with van der Waals surface area (Å²) in [5, 5.41) is 2.54. The number of thiophene rings is 1. The molecule has 2 aromatic carbocycles. The number of esters is 1. The molecule has 0 amide bonds. The molecule has 9 heteroatoms. The Kier molecular flexibility index (Phi) is 4.67. The highest BCUT2D eigenvalue weighted by atomic mass is 32.1. The minimum atomic E-state index is -0.566. The van der Waals surface area contributed by atoms with Crippen molar-refractivity contribution in [3.8, 4) is 17.1 Å². The molecular formula is C23H18N4O4S. The summed E-state index contributed by atoms with van der Waals surface area (Å²) >= 11 is 1.21. The number of methoxy groups -OCH3 is 2. The first-order chi connectivity index (χ1) is 15.5. The number of carbonyl (C=O) groups excluding carboxylic acids is 1. The minimum absolute atomic E-state index is 0.170. The lowest BCUT2D eigenvalue weighted by molar-refractivity contribution is 0.0603. The fourth-order valence-corrected chi connectivity index (χ4v) is 4.77. The first-order valence-corrected chi connectivity index (χ1v) is 10.5. The molecule has 0 aliphatic carbocycles. The fourth-order valence-electron chi connectivity index (χ4n) is 3.86. The number of nitrogens with two attached hydrogens (primary N) is 1. The predicted molar refractivity (Wildman–Crippen MR) is 124 cm³/mol. The number of hydrogen-bond acceptors (Lipinski definition) is 7. The zero-order valence-electron chi connectivity index (χ0n) is 17.2. The van der Waals surface area contributed by atoms with Crippen LogP contribution in [-0.4, -0.2) is 34.3 Å². The van der Waals surface area contributed by atoms with Gasteiger partial charge in [-0.3, -0.25) is 9.36 Å². The van der Waals surface area contributed by atoms with Gasteiger partial charge >= 0.3 is 5.97 Å². The molecule has 2 N–H and O–H groups in total. The van der Waals surface area contributed by atoms with E-state index in [1.807, 2.05) is 53.2 Å². The van der Waals surface area contributed by atoms with Crippen LogP contribution in [0, 0.1) is 0 Å². The van der Waals surface area contributed by atoms with Gasteiger partial charge in [-0.05, 0) is 24.3 Å². The number of fused-ring (bicyclic) bond motifs is 2.